The van der Waals surface area contributed by atoms with Crippen molar-refractivity contribution in [3.05, 3.63) is 34.6 Å². The maximum atomic E-state index is 13.5. The largest absolute Gasteiger partial charge is 0.540 e. The van der Waals surface area contributed by atoms with Crippen molar-refractivity contribution >= 4 is 14.8 Å². The fourth-order valence-electron chi connectivity index (χ4n) is 1.59. The van der Waals surface area contributed by atoms with Crippen molar-refractivity contribution in [3.63, 3.8) is 0 Å². The lowest BCUT2D eigenvalue weighted by molar-refractivity contribution is 0.0346. The summed E-state index contributed by atoms with van der Waals surface area (Å²) >= 11 is 0. The van der Waals surface area contributed by atoms with Crippen molar-refractivity contribution in [2.24, 2.45) is 0 Å². The lowest BCUT2D eigenvalue weighted by Gasteiger charge is -2.25. The molecule has 5 nitrogen and oxygen atoms in total. The zero-order valence-electron chi connectivity index (χ0n) is 12.3. The molecule has 0 spiro atoms. The Morgan fingerprint density at radius 1 is 0.913 bits per heavy atom. The number of esters is 1. The number of hydrogen-bond donors (Lipinski definition) is 0. The van der Waals surface area contributed by atoms with E-state index in [1.165, 1.54) is 14.2 Å². The number of hydrogen-bond acceptors (Lipinski definition) is 5. The van der Waals surface area contributed by atoms with E-state index >= 15 is 0 Å². The van der Waals surface area contributed by atoms with Gasteiger partial charge in [0.1, 0.15) is 5.56 Å². The minimum Gasteiger partial charge on any atom is -0.457 e. The van der Waals surface area contributed by atoms with Crippen LogP contribution in [0.2, 0.25) is 0 Å². The SMILES string of the molecule is CCO[Si](COC(=O)c1c(F)c(F)c(F)c(F)c1F)(OC)OC. The molecule has 0 bridgehead atoms. The van der Waals surface area contributed by atoms with E-state index < -0.39 is 55.7 Å². The van der Waals surface area contributed by atoms with Gasteiger partial charge in [0.25, 0.3) is 0 Å². The summed E-state index contributed by atoms with van der Waals surface area (Å²) < 4.78 is 85.6. The number of halogens is 5. The van der Waals surface area contributed by atoms with Crippen LogP contribution in [-0.4, -0.2) is 41.8 Å². The van der Waals surface area contributed by atoms with Gasteiger partial charge in [-0.3, -0.25) is 0 Å². The minimum atomic E-state index is -3.46. The lowest BCUT2D eigenvalue weighted by Crippen LogP contribution is -2.49. The minimum absolute atomic E-state index is 0.119. The Bertz CT molecular complexity index is 565. The van der Waals surface area contributed by atoms with E-state index in [0.29, 0.717) is 0 Å². The van der Waals surface area contributed by atoms with Gasteiger partial charge in [0.05, 0.1) is 0 Å². The summed E-state index contributed by atoms with van der Waals surface area (Å²) in [5.41, 5.74) is -1.70. The molecule has 0 radical (unpaired) electrons. The predicted octanol–water partition coefficient (Wildman–Crippen LogP) is 2.35. The molecule has 0 saturated carbocycles. The van der Waals surface area contributed by atoms with Gasteiger partial charge in [0, 0.05) is 20.8 Å². The van der Waals surface area contributed by atoms with Crippen LogP contribution in [0, 0.1) is 29.1 Å². The van der Waals surface area contributed by atoms with Crippen molar-refractivity contribution in [1.29, 1.82) is 0 Å². The Balaban J connectivity index is 3.08. The van der Waals surface area contributed by atoms with Gasteiger partial charge in [-0.15, -0.1) is 0 Å². The molecule has 0 aliphatic rings. The van der Waals surface area contributed by atoms with Gasteiger partial charge in [-0.1, -0.05) is 0 Å². The molecule has 0 N–H and O–H groups in total. The zero-order chi connectivity index (χ0) is 17.8. The Morgan fingerprint density at radius 2 is 1.35 bits per heavy atom. The van der Waals surface area contributed by atoms with E-state index in [9.17, 15) is 26.7 Å². The van der Waals surface area contributed by atoms with Crippen molar-refractivity contribution in [2.45, 2.75) is 6.92 Å². The third-order valence-corrected chi connectivity index (χ3v) is 5.25. The third-order valence-electron chi connectivity index (χ3n) is 2.78. The second-order valence-electron chi connectivity index (χ2n) is 4.05. The lowest BCUT2D eigenvalue weighted by atomic mass is 10.1. The molecule has 1 rings (SSSR count). The number of ether oxygens (including phenoxy) is 1. The first-order valence-corrected chi connectivity index (χ1v) is 8.10. The summed E-state index contributed by atoms with van der Waals surface area (Å²) in [5.74, 6) is -13.2. The highest BCUT2D eigenvalue weighted by Gasteiger charge is 2.42. The first-order valence-electron chi connectivity index (χ1n) is 6.17. The van der Waals surface area contributed by atoms with Crippen LogP contribution in [0.1, 0.15) is 17.3 Å². The number of carbonyl (C=O) groups is 1. The monoisotopic (exact) mass is 360 g/mol. The fourth-order valence-corrected chi connectivity index (χ4v) is 3.06. The molecule has 0 atom stereocenters. The second kappa shape index (κ2) is 7.81. The Morgan fingerprint density at radius 3 is 1.74 bits per heavy atom. The first-order chi connectivity index (χ1) is 10.7. The molecular formula is C12H13F5O5Si. The maximum Gasteiger partial charge on any atom is 0.540 e. The molecule has 0 unspecified atom stereocenters. The van der Waals surface area contributed by atoms with Gasteiger partial charge < -0.3 is 18.0 Å². The topological polar surface area (TPSA) is 54.0 Å². The van der Waals surface area contributed by atoms with Gasteiger partial charge in [0.15, 0.2) is 29.5 Å². The first kappa shape index (κ1) is 19.5. The van der Waals surface area contributed by atoms with E-state index in [0.717, 1.165) is 0 Å². The van der Waals surface area contributed by atoms with Gasteiger partial charge in [-0.2, -0.15) is 0 Å². The maximum absolute atomic E-state index is 13.5. The molecule has 0 fully saturated rings. The van der Waals surface area contributed by atoms with Gasteiger partial charge in [-0.25, -0.2) is 26.7 Å². The van der Waals surface area contributed by atoms with Crippen molar-refractivity contribution in [3.8, 4) is 0 Å². The summed E-state index contributed by atoms with van der Waals surface area (Å²) in [6.45, 7) is 1.71. The standard InChI is InChI=1S/C12H13F5O5Si/c1-4-22-23(19-2,20-3)5-21-12(18)6-7(13)9(15)11(17)10(16)8(6)14/h4-5H2,1-3H3. The fraction of sp³-hybridized carbons (Fsp3) is 0.417. The van der Waals surface area contributed by atoms with Gasteiger partial charge in [0.2, 0.25) is 5.82 Å². The van der Waals surface area contributed by atoms with Crippen molar-refractivity contribution < 1.29 is 44.8 Å². The van der Waals surface area contributed by atoms with E-state index in [4.69, 9.17) is 13.3 Å². The van der Waals surface area contributed by atoms with Gasteiger partial charge >= 0.3 is 14.8 Å². The van der Waals surface area contributed by atoms with Crippen LogP contribution in [0.15, 0.2) is 0 Å². The summed E-state index contributed by atoms with van der Waals surface area (Å²) in [7, 11) is -1.08. The van der Waals surface area contributed by atoms with Crippen LogP contribution in [0.5, 0.6) is 0 Å². The van der Waals surface area contributed by atoms with Crippen molar-refractivity contribution in [1.82, 2.24) is 0 Å². The van der Waals surface area contributed by atoms with Gasteiger partial charge in [-0.05, 0) is 6.92 Å². The highest BCUT2D eigenvalue weighted by atomic mass is 28.4. The predicted molar refractivity (Wildman–Crippen MR) is 67.9 cm³/mol. The molecule has 23 heavy (non-hydrogen) atoms. The normalized spacial score (nSPS) is 11.7. The molecule has 0 saturated heterocycles. The summed E-state index contributed by atoms with van der Waals surface area (Å²) in [6, 6.07) is 0. The van der Waals surface area contributed by atoms with Crippen molar-refractivity contribution in [2.75, 3.05) is 27.1 Å². The van der Waals surface area contributed by atoms with E-state index in [-0.39, 0.29) is 6.61 Å². The molecule has 0 aliphatic carbocycles. The van der Waals surface area contributed by atoms with Crippen LogP contribution >= 0.6 is 0 Å². The van der Waals surface area contributed by atoms with Crippen LogP contribution in [0.25, 0.3) is 0 Å². The number of carbonyl (C=O) groups excluding carboxylic acids is 1. The zero-order valence-corrected chi connectivity index (χ0v) is 13.3. The van der Waals surface area contributed by atoms with E-state index in [1.54, 1.807) is 6.92 Å². The number of rotatable bonds is 7. The highest BCUT2D eigenvalue weighted by molar-refractivity contribution is 6.60. The molecule has 0 aromatic heterocycles. The summed E-state index contributed by atoms with van der Waals surface area (Å²) in [6.07, 6.45) is -0.674. The molecule has 11 heteroatoms. The highest BCUT2D eigenvalue weighted by Crippen LogP contribution is 2.24. The summed E-state index contributed by atoms with van der Waals surface area (Å²) in [5, 5.41) is 0. The Labute approximate surface area is 129 Å². The average molecular weight is 360 g/mol. The molecule has 0 amide bonds. The summed E-state index contributed by atoms with van der Waals surface area (Å²) in [4.78, 5) is 11.7. The van der Waals surface area contributed by atoms with Crippen LogP contribution in [-0.2, 0) is 18.0 Å². The van der Waals surface area contributed by atoms with E-state index in [1.807, 2.05) is 0 Å². The molecule has 1 aromatic carbocycles. The van der Waals surface area contributed by atoms with E-state index in [2.05, 4.69) is 4.74 Å². The second-order valence-corrected chi connectivity index (χ2v) is 6.81. The smallest absolute Gasteiger partial charge is 0.457 e. The quantitative estimate of drug-likeness (QED) is 0.246. The Hall–Kier alpha value is -1.56. The Kier molecular flexibility index (Phi) is 6.62. The number of benzene rings is 1. The average Bonchev–Trinajstić information content (AvgIpc) is 2.55. The van der Waals surface area contributed by atoms with Crippen LogP contribution < -0.4 is 0 Å². The molecule has 0 aliphatic heterocycles. The molecule has 1 aromatic rings. The molecular weight excluding hydrogens is 347 g/mol. The van der Waals surface area contributed by atoms with Crippen LogP contribution in [0.3, 0.4) is 0 Å². The van der Waals surface area contributed by atoms with Crippen LogP contribution in [0.4, 0.5) is 22.0 Å². The molecule has 0 heterocycles. The molecule has 130 valence electrons. The third kappa shape index (κ3) is 3.86.